The molecule has 0 spiro atoms. The molecule has 1 aromatic heterocycles. The third-order valence-corrected chi connectivity index (χ3v) is 5.48. The summed E-state index contributed by atoms with van der Waals surface area (Å²) in [6.45, 7) is 1.48. The lowest BCUT2D eigenvalue weighted by atomic mass is 10.3. The Labute approximate surface area is 121 Å². The first-order valence-corrected chi connectivity index (χ1v) is 7.99. The molecule has 1 N–H and O–H groups in total. The molecule has 0 saturated heterocycles. The minimum absolute atomic E-state index is 0.145. The third kappa shape index (κ3) is 4.16. The van der Waals surface area contributed by atoms with E-state index in [1.54, 1.807) is 17.5 Å². The minimum Gasteiger partial charge on any atom is -0.478 e. The van der Waals surface area contributed by atoms with Crippen LogP contribution in [-0.4, -0.2) is 36.1 Å². The van der Waals surface area contributed by atoms with Crippen LogP contribution in [0.1, 0.15) is 17.4 Å². The summed E-state index contributed by atoms with van der Waals surface area (Å²) >= 11 is 1.32. The summed E-state index contributed by atoms with van der Waals surface area (Å²) in [5.74, 6) is -1.04. The fourth-order valence-corrected chi connectivity index (χ4v) is 3.20. The Balaban J connectivity index is 2.80. The zero-order valence-corrected chi connectivity index (χ0v) is 12.6. The van der Waals surface area contributed by atoms with Crippen molar-refractivity contribution in [3.63, 3.8) is 0 Å². The molecule has 1 unspecified atom stereocenters. The zero-order chi connectivity index (χ0) is 15.3. The Morgan fingerprint density at radius 2 is 2.30 bits per heavy atom. The van der Waals surface area contributed by atoms with Gasteiger partial charge in [0.15, 0.2) is 5.25 Å². The van der Waals surface area contributed by atoms with Gasteiger partial charge in [-0.2, -0.15) is 9.57 Å². The van der Waals surface area contributed by atoms with E-state index < -0.39 is 21.2 Å². The van der Waals surface area contributed by atoms with Crippen LogP contribution in [0.5, 0.6) is 0 Å². The van der Waals surface area contributed by atoms with Crippen molar-refractivity contribution in [3.8, 4) is 6.07 Å². The number of carbonyl (C=O) groups is 1. The molecule has 20 heavy (non-hydrogen) atoms. The van der Waals surface area contributed by atoms with E-state index in [0.29, 0.717) is 0 Å². The van der Waals surface area contributed by atoms with Gasteiger partial charge in [-0.05, 0) is 30.0 Å². The summed E-state index contributed by atoms with van der Waals surface area (Å²) in [5.41, 5.74) is 0.747. The predicted octanol–water partition coefficient (Wildman–Crippen LogP) is 1.52. The van der Waals surface area contributed by atoms with Crippen molar-refractivity contribution in [2.75, 3.05) is 7.05 Å². The van der Waals surface area contributed by atoms with E-state index in [9.17, 15) is 13.2 Å². The number of rotatable bonds is 6. The number of nitriles is 1. The minimum atomic E-state index is -3.64. The summed E-state index contributed by atoms with van der Waals surface area (Å²) in [6, 6.07) is 3.42. The lowest BCUT2D eigenvalue weighted by Crippen LogP contribution is -2.33. The molecule has 0 bridgehead atoms. The van der Waals surface area contributed by atoms with Crippen molar-refractivity contribution < 1.29 is 18.3 Å². The van der Waals surface area contributed by atoms with E-state index in [2.05, 4.69) is 0 Å². The first kappa shape index (κ1) is 16.4. The lowest BCUT2D eigenvalue weighted by molar-refractivity contribution is -0.131. The first-order chi connectivity index (χ1) is 9.27. The Morgan fingerprint density at radius 1 is 1.65 bits per heavy atom. The highest BCUT2D eigenvalue weighted by molar-refractivity contribution is 7.89. The maximum absolute atomic E-state index is 11.9. The summed E-state index contributed by atoms with van der Waals surface area (Å²) in [7, 11) is -2.23. The normalized spacial score (nSPS) is 13.5. The fourth-order valence-electron chi connectivity index (χ4n) is 1.40. The van der Waals surface area contributed by atoms with Crippen LogP contribution in [0.3, 0.4) is 0 Å². The zero-order valence-electron chi connectivity index (χ0n) is 11.0. The van der Waals surface area contributed by atoms with Crippen LogP contribution in [0.25, 0.3) is 6.08 Å². The second-order valence-corrected chi connectivity index (χ2v) is 7.40. The van der Waals surface area contributed by atoms with Gasteiger partial charge in [0.2, 0.25) is 10.0 Å². The second kappa shape index (κ2) is 6.65. The Hall–Kier alpha value is -1.69. The van der Waals surface area contributed by atoms with Crippen molar-refractivity contribution in [1.29, 1.82) is 5.26 Å². The molecule has 0 amide bonds. The Morgan fingerprint density at radius 3 is 2.85 bits per heavy atom. The highest BCUT2D eigenvalue weighted by Gasteiger charge is 2.25. The van der Waals surface area contributed by atoms with Crippen molar-refractivity contribution in [2.24, 2.45) is 0 Å². The monoisotopic (exact) mass is 314 g/mol. The average molecular weight is 314 g/mol. The lowest BCUT2D eigenvalue weighted by Gasteiger charge is -2.17. The highest BCUT2D eigenvalue weighted by Crippen LogP contribution is 2.19. The molecule has 0 fully saturated rings. The molecule has 0 aliphatic carbocycles. The van der Waals surface area contributed by atoms with Crippen LogP contribution >= 0.6 is 11.3 Å². The molecule has 1 rings (SSSR count). The topological polar surface area (TPSA) is 98.5 Å². The second-order valence-electron chi connectivity index (χ2n) is 4.10. The first-order valence-electron chi connectivity index (χ1n) is 5.60. The number of thiophene rings is 1. The summed E-state index contributed by atoms with van der Waals surface area (Å²) in [4.78, 5) is 11.1. The fraction of sp³-hybridized carbons (Fsp3) is 0.333. The number of carboxylic acid groups (broad SMARTS) is 1. The van der Waals surface area contributed by atoms with E-state index in [-0.39, 0.29) is 6.54 Å². The van der Waals surface area contributed by atoms with Crippen LogP contribution in [0, 0.1) is 11.3 Å². The summed E-state index contributed by atoms with van der Waals surface area (Å²) < 4.78 is 24.9. The van der Waals surface area contributed by atoms with E-state index in [0.717, 1.165) is 20.8 Å². The standard InChI is InChI=1S/C12H14N2O4S2/c1-9(6-13)20(17,18)14(2)7-10-5-11(19-8-10)3-4-12(15)16/h3-5,8-9H,7H2,1-2H3,(H,15,16). The molecular formula is C12H14N2O4S2. The van der Waals surface area contributed by atoms with Crippen LogP contribution < -0.4 is 0 Å². The average Bonchev–Trinajstić information content (AvgIpc) is 2.82. The Bertz CT molecular complexity index is 655. The highest BCUT2D eigenvalue weighted by atomic mass is 32.2. The molecule has 1 aromatic rings. The molecule has 0 radical (unpaired) electrons. The van der Waals surface area contributed by atoms with E-state index in [4.69, 9.17) is 10.4 Å². The van der Waals surface area contributed by atoms with Gasteiger partial charge in [0.1, 0.15) is 0 Å². The molecule has 1 heterocycles. The van der Waals surface area contributed by atoms with Gasteiger partial charge in [0.25, 0.3) is 0 Å². The largest absolute Gasteiger partial charge is 0.478 e. The smallest absolute Gasteiger partial charge is 0.328 e. The van der Waals surface area contributed by atoms with Gasteiger partial charge < -0.3 is 5.11 Å². The Kier molecular flexibility index (Phi) is 5.44. The van der Waals surface area contributed by atoms with Crippen LogP contribution in [0.4, 0.5) is 0 Å². The van der Waals surface area contributed by atoms with Gasteiger partial charge in [0.05, 0.1) is 6.07 Å². The number of hydrogen-bond acceptors (Lipinski definition) is 5. The summed E-state index contributed by atoms with van der Waals surface area (Å²) in [6.07, 6.45) is 2.47. The number of nitrogens with zero attached hydrogens (tertiary/aromatic N) is 2. The van der Waals surface area contributed by atoms with Crippen molar-refractivity contribution in [1.82, 2.24) is 4.31 Å². The van der Waals surface area contributed by atoms with Crippen molar-refractivity contribution in [3.05, 3.63) is 28.0 Å². The van der Waals surface area contributed by atoms with Crippen LogP contribution in [-0.2, 0) is 21.4 Å². The maximum Gasteiger partial charge on any atom is 0.328 e. The quantitative estimate of drug-likeness (QED) is 0.803. The van der Waals surface area contributed by atoms with E-state index in [1.165, 1.54) is 31.4 Å². The number of aliphatic carboxylic acids is 1. The molecule has 0 aromatic carbocycles. The summed E-state index contributed by atoms with van der Waals surface area (Å²) in [5, 5.41) is 17.9. The third-order valence-electron chi connectivity index (χ3n) is 2.53. The molecule has 0 aliphatic rings. The van der Waals surface area contributed by atoms with E-state index in [1.807, 2.05) is 0 Å². The van der Waals surface area contributed by atoms with E-state index >= 15 is 0 Å². The molecular weight excluding hydrogens is 300 g/mol. The maximum atomic E-state index is 11.9. The molecule has 108 valence electrons. The molecule has 1 atom stereocenters. The molecule has 6 nitrogen and oxygen atoms in total. The molecule has 0 saturated carbocycles. The van der Waals surface area contributed by atoms with Crippen LogP contribution in [0.15, 0.2) is 17.5 Å². The van der Waals surface area contributed by atoms with Crippen molar-refractivity contribution in [2.45, 2.75) is 18.7 Å². The van der Waals surface area contributed by atoms with Gasteiger partial charge in [-0.25, -0.2) is 13.2 Å². The number of carboxylic acids is 1. The predicted molar refractivity (Wildman–Crippen MR) is 76.5 cm³/mol. The SMILES string of the molecule is CC(C#N)S(=O)(=O)N(C)Cc1csc(C=CC(=O)O)c1. The van der Waals surface area contributed by atoms with Gasteiger partial charge in [-0.15, -0.1) is 11.3 Å². The molecule has 8 heteroatoms. The van der Waals surface area contributed by atoms with Crippen molar-refractivity contribution >= 4 is 33.4 Å². The number of sulfonamides is 1. The van der Waals surface area contributed by atoms with Gasteiger partial charge in [-0.1, -0.05) is 0 Å². The van der Waals surface area contributed by atoms with Gasteiger partial charge in [-0.3, -0.25) is 0 Å². The van der Waals surface area contributed by atoms with Gasteiger partial charge >= 0.3 is 5.97 Å². The number of hydrogen-bond donors (Lipinski definition) is 1. The molecule has 0 aliphatic heterocycles. The van der Waals surface area contributed by atoms with Gasteiger partial charge in [0, 0.05) is 24.5 Å². The van der Waals surface area contributed by atoms with Crippen LogP contribution in [0.2, 0.25) is 0 Å².